The lowest BCUT2D eigenvalue weighted by Crippen LogP contribution is -2.36. The predicted molar refractivity (Wildman–Crippen MR) is 122 cm³/mol. The molecular formula is C23H20ClFN6O2. The molecule has 4 aromatic rings. The maximum absolute atomic E-state index is 15.1. The molecule has 0 bridgehead atoms. The van der Waals surface area contributed by atoms with Crippen LogP contribution >= 0.6 is 11.6 Å². The lowest BCUT2D eigenvalue weighted by Gasteiger charge is -2.28. The molecule has 4 heterocycles. The average Bonchev–Trinajstić information content (AvgIpc) is 2.84. The van der Waals surface area contributed by atoms with Crippen molar-refractivity contribution < 1.29 is 14.2 Å². The molecule has 1 saturated heterocycles. The van der Waals surface area contributed by atoms with Crippen LogP contribution in [0.4, 0.5) is 10.1 Å². The summed E-state index contributed by atoms with van der Waals surface area (Å²) >= 11 is 6.30. The molecular weight excluding hydrogens is 447 g/mol. The van der Waals surface area contributed by atoms with E-state index in [0.29, 0.717) is 46.9 Å². The van der Waals surface area contributed by atoms with Crippen LogP contribution in [0.3, 0.4) is 0 Å². The van der Waals surface area contributed by atoms with Gasteiger partial charge in [-0.25, -0.2) is 14.4 Å². The summed E-state index contributed by atoms with van der Waals surface area (Å²) in [6.07, 6.45) is 4.94. The fourth-order valence-corrected chi connectivity index (χ4v) is 4.17. The van der Waals surface area contributed by atoms with Gasteiger partial charge < -0.3 is 14.7 Å². The van der Waals surface area contributed by atoms with E-state index in [9.17, 15) is 5.11 Å². The first-order valence-corrected chi connectivity index (χ1v) is 10.8. The highest BCUT2D eigenvalue weighted by molar-refractivity contribution is 6.31. The van der Waals surface area contributed by atoms with E-state index in [1.54, 1.807) is 13.1 Å². The molecule has 8 nitrogen and oxygen atoms in total. The highest BCUT2D eigenvalue weighted by atomic mass is 35.5. The summed E-state index contributed by atoms with van der Waals surface area (Å²) in [5.74, 6) is -0.578. The number of hydrogen-bond donors (Lipinski definition) is 1. The largest absolute Gasteiger partial charge is 0.382 e. The molecule has 1 unspecified atom stereocenters. The van der Waals surface area contributed by atoms with Crippen LogP contribution in [0.5, 0.6) is 0 Å². The topological polar surface area (TPSA) is 97.2 Å². The number of anilines is 1. The fourth-order valence-electron chi connectivity index (χ4n) is 3.92. The van der Waals surface area contributed by atoms with E-state index in [-0.39, 0.29) is 10.6 Å². The van der Waals surface area contributed by atoms with E-state index in [1.165, 1.54) is 24.8 Å². The molecule has 3 aromatic heterocycles. The molecule has 33 heavy (non-hydrogen) atoms. The molecule has 0 amide bonds. The predicted octanol–water partition coefficient (Wildman–Crippen LogP) is 3.50. The van der Waals surface area contributed by atoms with Gasteiger partial charge in [-0.1, -0.05) is 11.6 Å². The number of ether oxygens (including phenoxy) is 1. The summed E-state index contributed by atoms with van der Waals surface area (Å²) in [5, 5.41) is 11.0. The average molecular weight is 467 g/mol. The number of benzene rings is 1. The molecule has 1 N–H and O–H groups in total. The zero-order valence-corrected chi connectivity index (χ0v) is 18.5. The number of morpholine rings is 1. The van der Waals surface area contributed by atoms with Crippen LogP contribution in [0.25, 0.3) is 22.3 Å². The Morgan fingerprint density at radius 3 is 2.64 bits per heavy atom. The Labute approximate surface area is 194 Å². The Hall–Kier alpha value is -3.27. The van der Waals surface area contributed by atoms with Crippen molar-refractivity contribution >= 4 is 28.3 Å². The number of aliphatic hydroxyl groups is 1. The van der Waals surface area contributed by atoms with Gasteiger partial charge in [0.15, 0.2) is 0 Å². The lowest BCUT2D eigenvalue weighted by molar-refractivity contribution is 0.122. The number of hydrogen-bond acceptors (Lipinski definition) is 8. The highest BCUT2D eigenvalue weighted by Gasteiger charge is 2.23. The van der Waals surface area contributed by atoms with Crippen molar-refractivity contribution in [1.82, 2.24) is 24.9 Å². The third-order valence-corrected chi connectivity index (χ3v) is 5.98. The normalized spacial score (nSPS) is 15.1. The minimum atomic E-state index is -1.18. The number of aromatic nitrogens is 5. The van der Waals surface area contributed by atoms with Gasteiger partial charge in [0.25, 0.3) is 0 Å². The molecule has 1 aliphatic heterocycles. The molecule has 0 aliphatic carbocycles. The second-order valence-corrected chi connectivity index (χ2v) is 8.07. The van der Waals surface area contributed by atoms with Crippen molar-refractivity contribution in [3.63, 3.8) is 0 Å². The van der Waals surface area contributed by atoms with Crippen LogP contribution in [-0.4, -0.2) is 56.3 Å². The van der Waals surface area contributed by atoms with E-state index in [2.05, 4.69) is 29.8 Å². The van der Waals surface area contributed by atoms with E-state index >= 15 is 4.39 Å². The number of fused-ring (bicyclic) bond motifs is 1. The van der Waals surface area contributed by atoms with E-state index in [1.807, 2.05) is 6.07 Å². The van der Waals surface area contributed by atoms with Crippen molar-refractivity contribution in [1.29, 1.82) is 0 Å². The van der Waals surface area contributed by atoms with Gasteiger partial charge in [-0.15, -0.1) is 0 Å². The number of rotatable bonds is 4. The van der Waals surface area contributed by atoms with Crippen LogP contribution in [0, 0.1) is 12.7 Å². The van der Waals surface area contributed by atoms with Gasteiger partial charge in [0.05, 0.1) is 42.0 Å². The van der Waals surface area contributed by atoms with Crippen molar-refractivity contribution in [3.05, 3.63) is 70.9 Å². The third-order valence-electron chi connectivity index (χ3n) is 5.65. The van der Waals surface area contributed by atoms with Crippen LogP contribution in [-0.2, 0) is 4.74 Å². The van der Waals surface area contributed by atoms with Crippen molar-refractivity contribution in [2.75, 3.05) is 31.2 Å². The number of aryl methyl sites for hydroxylation is 1. The molecule has 0 saturated carbocycles. The molecule has 1 aromatic carbocycles. The Balaban J connectivity index is 1.59. The minimum absolute atomic E-state index is 0.0785. The Bertz CT molecular complexity index is 1330. The number of aliphatic hydroxyl groups excluding tert-OH is 1. The van der Waals surface area contributed by atoms with E-state index in [4.69, 9.17) is 16.3 Å². The first-order valence-electron chi connectivity index (χ1n) is 10.4. The van der Waals surface area contributed by atoms with Crippen LogP contribution < -0.4 is 4.90 Å². The monoisotopic (exact) mass is 466 g/mol. The lowest BCUT2D eigenvalue weighted by atomic mass is 9.99. The second kappa shape index (κ2) is 8.93. The third kappa shape index (κ3) is 4.10. The Morgan fingerprint density at radius 1 is 1.06 bits per heavy atom. The zero-order chi connectivity index (χ0) is 22.9. The van der Waals surface area contributed by atoms with Crippen LogP contribution in [0.2, 0.25) is 5.02 Å². The van der Waals surface area contributed by atoms with Gasteiger partial charge in [0.1, 0.15) is 29.5 Å². The molecule has 0 spiro atoms. The van der Waals surface area contributed by atoms with E-state index in [0.717, 1.165) is 24.8 Å². The maximum atomic E-state index is 15.1. The second-order valence-electron chi connectivity index (χ2n) is 7.67. The first-order chi connectivity index (χ1) is 16.0. The van der Waals surface area contributed by atoms with Gasteiger partial charge in [0, 0.05) is 41.6 Å². The smallest absolute Gasteiger partial charge is 0.134 e. The SMILES string of the molecule is Cc1nccnc1C(O)c1cc(-c2ncnc3cc(N4CCOCC4)cnc23)c(F)cc1Cl. The molecule has 1 fully saturated rings. The van der Waals surface area contributed by atoms with E-state index < -0.39 is 11.9 Å². The summed E-state index contributed by atoms with van der Waals surface area (Å²) in [7, 11) is 0. The van der Waals surface area contributed by atoms with Crippen LogP contribution in [0.15, 0.2) is 43.1 Å². The summed E-state index contributed by atoms with van der Waals surface area (Å²) in [4.78, 5) is 23.7. The maximum Gasteiger partial charge on any atom is 0.134 e. The zero-order valence-electron chi connectivity index (χ0n) is 17.7. The standard InChI is InChI=1S/C23H20ClFN6O2/c1-13-20(27-3-2-26-13)23(32)15-9-16(18(25)10-17(15)24)21-22-19(29-12-30-21)8-14(11-28-22)31-4-6-33-7-5-31/h2-3,8-12,23,32H,4-7H2,1H3. The van der Waals surface area contributed by atoms with Gasteiger partial charge in [-0.3, -0.25) is 15.0 Å². The summed E-state index contributed by atoms with van der Waals surface area (Å²) in [6.45, 7) is 4.57. The molecule has 0 radical (unpaired) electrons. The first kappa shape index (κ1) is 21.6. The van der Waals surface area contributed by atoms with Gasteiger partial charge in [-0.2, -0.15) is 0 Å². The number of pyridine rings is 1. The molecule has 10 heteroatoms. The Kier molecular flexibility index (Phi) is 5.84. The fraction of sp³-hybridized carbons (Fsp3) is 0.261. The van der Waals surface area contributed by atoms with Crippen molar-refractivity contribution in [3.8, 4) is 11.3 Å². The summed E-state index contributed by atoms with van der Waals surface area (Å²) in [5.41, 5.74) is 3.63. The van der Waals surface area contributed by atoms with Gasteiger partial charge in [-0.05, 0) is 25.1 Å². The minimum Gasteiger partial charge on any atom is -0.382 e. The van der Waals surface area contributed by atoms with Crippen molar-refractivity contribution in [2.24, 2.45) is 0 Å². The highest BCUT2D eigenvalue weighted by Crippen LogP contribution is 2.35. The van der Waals surface area contributed by atoms with Gasteiger partial charge in [0.2, 0.25) is 0 Å². The summed E-state index contributed by atoms with van der Waals surface area (Å²) in [6, 6.07) is 4.55. The van der Waals surface area contributed by atoms with Crippen molar-refractivity contribution in [2.45, 2.75) is 13.0 Å². The quantitative estimate of drug-likeness (QED) is 0.488. The molecule has 1 aliphatic rings. The summed E-state index contributed by atoms with van der Waals surface area (Å²) < 4.78 is 20.5. The molecule has 5 rings (SSSR count). The van der Waals surface area contributed by atoms with Crippen LogP contribution in [0.1, 0.15) is 23.1 Å². The number of halogens is 2. The molecule has 168 valence electrons. The van der Waals surface area contributed by atoms with Gasteiger partial charge >= 0.3 is 0 Å². The molecule has 1 atom stereocenters. The number of nitrogens with zero attached hydrogens (tertiary/aromatic N) is 6. The Morgan fingerprint density at radius 2 is 1.85 bits per heavy atom.